The first-order chi connectivity index (χ1) is 18.3. The van der Waals surface area contributed by atoms with Gasteiger partial charge in [-0.25, -0.2) is 13.4 Å². The molecule has 1 saturated carbocycles. The summed E-state index contributed by atoms with van der Waals surface area (Å²) in [4.78, 5) is 6.70. The molecule has 204 valence electrons. The van der Waals surface area contributed by atoms with Gasteiger partial charge in [-0.1, -0.05) is 60.5 Å². The third-order valence-corrected chi connectivity index (χ3v) is 10.5. The molecule has 2 atom stereocenters. The van der Waals surface area contributed by atoms with Crippen molar-refractivity contribution in [1.82, 2.24) is 18.8 Å². The summed E-state index contributed by atoms with van der Waals surface area (Å²) in [6, 6.07) is 18.8. The lowest BCUT2D eigenvalue weighted by Crippen LogP contribution is -2.39. The predicted molar refractivity (Wildman–Crippen MR) is 153 cm³/mol. The maximum absolute atomic E-state index is 13.3. The monoisotopic (exact) mass is 554 g/mol. The largest absolute Gasteiger partial charge is 0.339 e. The Morgan fingerprint density at radius 3 is 2.55 bits per heavy atom. The smallest absolute Gasteiger partial charge is 0.261 e. The molecule has 1 aliphatic heterocycles. The van der Waals surface area contributed by atoms with E-state index in [9.17, 15) is 8.42 Å². The van der Waals surface area contributed by atoms with E-state index in [1.165, 1.54) is 48.3 Å². The van der Waals surface area contributed by atoms with Gasteiger partial charge >= 0.3 is 0 Å². The van der Waals surface area contributed by atoms with Crippen LogP contribution >= 0.6 is 11.6 Å². The number of imidazole rings is 1. The number of likely N-dealkylation sites (N-methyl/N-ethyl adjacent to an activating group) is 1. The highest BCUT2D eigenvalue weighted by molar-refractivity contribution is 7.89. The van der Waals surface area contributed by atoms with Crippen LogP contribution in [0.4, 0.5) is 0 Å². The second-order valence-corrected chi connectivity index (χ2v) is 13.8. The van der Waals surface area contributed by atoms with Gasteiger partial charge in [0.2, 0.25) is 0 Å². The molecule has 0 amide bonds. The average molecular weight is 555 g/mol. The van der Waals surface area contributed by atoms with Gasteiger partial charge in [-0.3, -0.25) is 0 Å². The van der Waals surface area contributed by atoms with Crippen molar-refractivity contribution in [3.05, 3.63) is 83.3 Å². The number of halogens is 1. The normalized spacial score (nSPS) is 22.7. The summed E-state index contributed by atoms with van der Waals surface area (Å²) in [7, 11) is -0.214. The Balaban J connectivity index is 1.19. The molecule has 3 aromatic rings. The third-order valence-electron chi connectivity index (χ3n) is 8.60. The van der Waals surface area contributed by atoms with Crippen LogP contribution in [-0.2, 0) is 28.9 Å². The molecule has 2 aromatic carbocycles. The summed E-state index contributed by atoms with van der Waals surface area (Å²) in [6.45, 7) is 3.67. The second kappa shape index (κ2) is 11.5. The number of nitrogens with zero attached hydrogens (tertiary/aromatic N) is 4. The van der Waals surface area contributed by atoms with Crippen LogP contribution in [0.2, 0.25) is 5.02 Å². The summed E-state index contributed by atoms with van der Waals surface area (Å²) < 4.78 is 29.7. The number of aromatic nitrogens is 2. The molecular weight excluding hydrogens is 516 g/mol. The van der Waals surface area contributed by atoms with Gasteiger partial charge in [0.25, 0.3) is 10.0 Å². The van der Waals surface area contributed by atoms with Crippen molar-refractivity contribution in [2.24, 2.45) is 18.9 Å². The quantitative estimate of drug-likeness (QED) is 0.319. The van der Waals surface area contributed by atoms with Crippen molar-refractivity contribution in [2.45, 2.75) is 49.0 Å². The Kier molecular flexibility index (Phi) is 8.29. The van der Waals surface area contributed by atoms with Crippen LogP contribution in [0.25, 0.3) is 0 Å². The molecule has 1 aromatic heterocycles. The lowest BCUT2D eigenvalue weighted by Gasteiger charge is -2.33. The van der Waals surface area contributed by atoms with Gasteiger partial charge in [-0.15, -0.1) is 0 Å². The molecule has 8 heteroatoms. The lowest BCUT2D eigenvalue weighted by atomic mass is 9.90. The van der Waals surface area contributed by atoms with Gasteiger partial charge in [-0.05, 0) is 80.3 Å². The molecule has 38 heavy (non-hydrogen) atoms. The molecule has 0 N–H and O–H groups in total. The van der Waals surface area contributed by atoms with Crippen LogP contribution in [0.5, 0.6) is 0 Å². The Hall–Kier alpha value is -2.19. The number of likely N-dealkylation sites (tertiary alicyclic amines) is 1. The van der Waals surface area contributed by atoms with Crippen molar-refractivity contribution in [3.63, 3.8) is 0 Å². The van der Waals surface area contributed by atoms with Crippen LogP contribution in [0.3, 0.4) is 0 Å². The molecule has 6 nitrogen and oxygen atoms in total. The standard InChI is InChI=1S/C30H39ClN4O2S/c1-33-21-29(32-23-33)38(36,37)34(2)22-30(26-12-7-13-28(31)18-26)19-27(30)20-35-16-14-25(15-17-35)11-6-10-24-8-4-3-5-9-24/h3-5,7-9,12-13,18,21,23,25,27H,6,10-11,14-17,19-20,22H2,1-2H3/t27-,30+/m0/s1. The molecule has 0 bridgehead atoms. The van der Waals surface area contributed by atoms with Crippen LogP contribution in [0.1, 0.15) is 43.2 Å². The maximum Gasteiger partial charge on any atom is 0.261 e. The summed E-state index contributed by atoms with van der Waals surface area (Å²) in [5.74, 6) is 1.21. The summed E-state index contributed by atoms with van der Waals surface area (Å²) in [5.41, 5.74) is 2.34. The highest BCUT2D eigenvalue weighted by Crippen LogP contribution is 2.56. The van der Waals surface area contributed by atoms with E-state index in [0.717, 1.165) is 37.5 Å². The van der Waals surface area contributed by atoms with Crippen molar-refractivity contribution in [1.29, 1.82) is 0 Å². The van der Waals surface area contributed by atoms with Gasteiger partial charge in [0.1, 0.15) is 0 Å². The van der Waals surface area contributed by atoms with Crippen molar-refractivity contribution < 1.29 is 8.42 Å². The highest BCUT2D eigenvalue weighted by Gasteiger charge is 2.57. The van der Waals surface area contributed by atoms with E-state index < -0.39 is 10.0 Å². The number of piperidine rings is 1. The van der Waals surface area contributed by atoms with Gasteiger partial charge in [0.15, 0.2) is 5.03 Å². The first-order valence-corrected chi connectivity index (χ1v) is 15.5. The predicted octanol–water partition coefficient (Wildman–Crippen LogP) is 5.39. The topological polar surface area (TPSA) is 58.4 Å². The Morgan fingerprint density at radius 1 is 1.11 bits per heavy atom. The fourth-order valence-corrected chi connectivity index (χ4v) is 7.62. The zero-order chi connectivity index (χ0) is 26.8. The third kappa shape index (κ3) is 6.17. The van der Waals surface area contributed by atoms with Gasteiger partial charge in [-0.2, -0.15) is 4.31 Å². The van der Waals surface area contributed by atoms with E-state index in [4.69, 9.17) is 11.6 Å². The first kappa shape index (κ1) is 27.4. The minimum Gasteiger partial charge on any atom is -0.339 e. The van der Waals surface area contributed by atoms with Gasteiger partial charge < -0.3 is 9.47 Å². The van der Waals surface area contributed by atoms with Crippen molar-refractivity contribution in [3.8, 4) is 0 Å². The first-order valence-electron chi connectivity index (χ1n) is 13.7. The second-order valence-electron chi connectivity index (χ2n) is 11.3. The van der Waals surface area contributed by atoms with Crippen LogP contribution in [0, 0.1) is 11.8 Å². The molecule has 2 aliphatic rings. The molecule has 1 saturated heterocycles. The van der Waals surface area contributed by atoms with Crippen LogP contribution in [-0.4, -0.2) is 60.4 Å². The summed E-state index contributed by atoms with van der Waals surface area (Å²) in [5, 5.41) is 0.786. The van der Waals surface area contributed by atoms with E-state index in [1.54, 1.807) is 24.9 Å². The molecule has 5 rings (SSSR count). The minimum atomic E-state index is -3.67. The number of aryl methyl sites for hydroxylation is 2. The molecule has 1 aliphatic carbocycles. The number of sulfonamides is 1. The lowest BCUT2D eigenvalue weighted by molar-refractivity contribution is 0.167. The fraction of sp³-hybridized carbons (Fsp3) is 0.500. The molecule has 0 radical (unpaired) electrons. The average Bonchev–Trinajstić information content (AvgIpc) is 3.40. The molecule has 2 fully saturated rings. The number of rotatable bonds is 11. The van der Waals surface area contributed by atoms with E-state index in [1.807, 2.05) is 18.2 Å². The summed E-state index contributed by atoms with van der Waals surface area (Å²) in [6.07, 6.45) is 10.3. The SMILES string of the molecule is CN(C[C@@]1(c2cccc(Cl)c2)C[C@H]1CN1CCC(CCCc2ccccc2)CC1)S(=O)(=O)c1cn(C)cn1. The molecule has 0 unspecified atom stereocenters. The van der Waals surface area contributed by atoms with E-state index in [-0.39, 0.29) is 10.4 Å². The molecule has 0 spiro atoms. The minimum absolute atomic E-state index is 0.0929. The van der Waals surface area contributed by atoms with Crippen molar-refractivity contribution >= 4 is 21.6 Å². The maximum atomic E-state index is 13.3. The zero-order valence-corrected chi connectivity index (χ0v) is 24.0. The Labute approximate surface area is 232 Å². The molecular formula is C30H39ClN4O2S. The molecule has 2 heterocycles. The Bertz CT molecular complexity index is 1320. The van der Waals surface area contributed by atoms with E-state index in [2.05, 4.69) is 46.3 Å². The van der Waals surface area contributed by atoms with Crippen molar-refractivity contribution in [2.75, 3.05) is 33.2 Å². The number of hydrogen-bond donors (Lipinski definition) is 0. The highest BCUT2D eigenvalue weighted by atomic mass is 35.5. The van der Waals surface area contributed by atoms with Gasteiger partial charge in [0.05, 0.1) is 6.33 Å². The number of hydrogen-bond acceptors (Lipinski definition) is 4. The number of benzene rings is 2. The summed E-state index contributed by atoms with van der Waals surface area (Å²) >= 11 is 6.39. The van der Waals surface area contributed by atoms with E-state index in [0.29, 0.717) is 17.5 Å². The zero-order valence-electron chi connectivity index (χ0n) is 22.5. The van der Waals surface area contributed by atoms with Crippen LogP contribution in [0.15, 0.2) is 72.1 Å². The fourth-order valence-electron chi connectivity index (χ4n) is 6.23. The Morgan fingerprint density at radius 2 is 1.87 bits per heavy atom. The van der Waals surface area contributed by atoms with Crippen LogP contribution < -0.4 is 0 Å². The van der Waals surface area contributed by atoms with E-state index >= 15 is 0 Å². The van der Waals surface area contributed by atoms with Gasteiger partial charge in [0, 0.05) is 43.8 Å².